The molecule has 2 nitrogen and oxygen atoms in total. The van der Waals surface area contributed by atoms with E-state index in [1.165, 1.54) is 6.07 Å². The maximum absolute atomic E-state index is 13.1. The van der Waals surface area contributed by atoms with Gasteiger partial charge in [-0.3, -0.25) is 11.1 Å². The zero-order valence-corrected chi connectivity index (χ0v) is 8.33. The van der Waals surface area contributed by atoms with Gasteiger partial charge in [-0.2, -0.15) is 0 Å². The van der Waals surface area contributed by atoms with Crippen LogP contribution in [0, 0.1) is 5.82 Å². The van der Waals surface area contributed by atoms with Crippen molar-refractivity contribution >= 4 is 28.5 Å². The summed E-state index contributed by atoms with van der Waals surface area (Å²) in [6, 6.07) is 4.54. The Morgan fingerprint density at radius 2 is 2.31 bits per heavy atom. The largest absolute Gasteiger partial charge is 0.300 e. The van der Waals surface area contributed by atoms with Gasteiger partial charge >= 0.3 is 0 Å². The number of benzene rings is 1. The highest BCUT2D eigenvalue weighted by atomic mass is 35.5. The van der Waals surface area contributed by atoms with E-state index in [9.17, 15) is 4.39 Å². The average Bonchev–Trinajstić information content (AvgIpc) is 2.03. The van der Waals surface area contributed by atoms with Crippen molar-refractivity contribution in [3.05, 3.63) is 34.6 Å². The fourth-order valence-corrected chi connectivity index (χ4v) is 1.74. The van der Waals surface area contributed by atoms with E-state index in [4.69, 9.17) is 22.7 Å². The van der Waals surface area contributed by atoms with Crippen molar-refractivity contribution in [1.29, 1.82) is 0 Å². The van der Waals surface area contributed by atoms with Crippen molar-refractivity contribution in [1.82, 2.24) is 0 Å². The first-order valence-electron chi connectivity index (χ1n) is 3.55. The van der Waals surface area contributed by atoms with Crippen LogP contribution in [0.5, 0.6) is 0 Å². The fraction of sp³-hybridized carbons (Fsp3) is 0.125. The molecule has 0 atom stereocenters. The van der Waals surface area contributed by atoms with Crippen LogP contribution in [-0.2, 0) is 5.75 Å². The van der Waals surface area contributed by atoms with E-state index in [-0.39, 0.29) is 11.0 Å². The predicted octanol–water partition coefficient (Wildman–Crippen LogP) is 0.786. The number of rotatable bonds is 2. The van der Waals surface area contributed by atoms with Crippen molar-refractivity contribution in [3.63, 3.8) is 0 Å². The number of nitrogens with two attached hydrogens (primary N) is 2. The molecule has 0 aromatic heterocycles. The van der Waals surface area contributed by atoms with E-state index < -0.39 is 0 Å². The lowest BCUT2D eigenvalue weighted by atomic mass is 10.2. The van der Waals surface area contributed by atoms with Gasteiger partial charge in [0.05, 0.1) is 0 Å². The molecule has 0 aliphatic carbocycles. The molecule has 0 saturated carbocycles. The van der Waals surface area contributed by atoms with Crippen LogP contribution in [0.1, 0.15) is 5.56 Å². The lowest BCUT2D eigenvalue weighted by molar-refractivity contribution is -0.110. The Labute approximate surface area is 84.8 Å². The highest BCUT2D eigenvalue weighted by molar-refractivity contribution is 8.12. The topological polar surface area (TPSA) is 51.6 Å². The average molecular weight is 220 g/mol. The molecular weight excluding hydrogens is 211 g/mol. The summed E-state index contributed by atoms with van der Waals surface area (Å²) in [6.07, 6.45) is 0. The molecule has 4 N–H and O–H groups in total. The molecule has 0 heterocycles. The van der Waals surface area contributed by atoms with Crippen LogP contribution in [0.25, 0.3) is 0 Å². The molecule has 0 bridgehead atoms. The van der Waals surface area contributed by atoms with Crippen LogP contribution in [0.3, 0.4) is 0 Å². The van der Waals surface area contributed by atoms with E-state index in [0.29, 0.717) is 16.3 Å². The van der Waals surface area contributed by atoms with Gasteiger partial charge in [0.1, 0.15) is 5.82 Å². The molecule has 0 saturated heterocycles. The van der Waals surface area contributed by atoms with Crippen molar-refractivity contribution < 1.29 is 9.80 Å². The lowest BCUT2D eigenvalue weighted by Gasteiger charge is -2.02. The minimum atomic E-state index is -0.332. The second-order valence-electron chi connectivity index (χ2n) is 2.39. The van der Waals surface area contributed by atoms with Crippen molar-refractivity contribution in [3.8, 4) is 0 Å². The normalized spacial score (nSPS) is 10.0. The number of hydrogen-bond donors (Lipinski definition) is 2. The van der Waals surface area contributed by atoms with Gasteiger partial charge in [0.15, 0.2) is 0 Å². The highest BCUT2D eigenvalue weighted by Crippen LogP contribution is 2.23. The minimum absolute atomic E-state index is 0.208. The lowest BCUT2D eigenvalue weighted by Crippen LogP contribution is -2.43. The maximum atomic E-state index is 13.1. The SMILES string of the molecule is NC(=[NH2+])SCc1c(F)cccc1Cl. The van der Waals surface area contributed by atoms with Gasteiger partial charge in [0, 0.05) is 16.3 Å². The molecule has 0 radical (unpaired) electrons. The quantitative estimate of drug-likeness (QED) is 0.571. The van der Waals surface area contributed by atoms with Crippen LogP contribution < -0.4 is 11.1 Å². The number of halogens is 2. The number of thioether (sulfide) groups is 1. The third-order valence-corrected chi connectivity index (χ3v) is 2.57. The van der Waals surface area contributed by atoms with Crippen LogP contribution >= 0.6 is 23.4 Å². The molecule has 0 aliphatic rings. The molecule has 1 aromatic rings. The monoisotopic (exact) mass is 219 g/mol. The first kappa shape index (κ1) is 10.3. The van der Waals surface area contributed by atoms with E-state index >= 15 is 0 Å². The Hall–Kier alpha value is -0.740. The van der Waals surface area contributed by atoms with E-state index in [1.807, 2.05) is 0 Å². The molecule has 0 unspecified atom stereocenters. The van der Waals surface area contributed by atoms with Gasteiger partial charge in [0.25, 0.3) is 5.17 Å². The van der Waals surface area contributed by atoms with Gasteiger partial charge in [0.2, 0.25) is 0 Å². The second-order valence-corrected chi connectivity index (χ2v) is 3.85. The summed E-state index contributed by atoms with van der Waals surface area (Å²) in [6.45, 7) is 0. The summed E-state index contributed by atoms with van der Waals surface area (Å²) in [5, 5.41) is 5.84. The smallest absolute Gasteiger partial charge is 0.282 e. The molecule has 0 fully saturated rings. The molecule has 0 amide bonds. The summed E-state index contributed by atoms with van der Waals surface area (Å²) in [4.78, 5) is 0. The Morgan fingerprint density at radius 1 is 1.62 bits per heavy atom. The van der Waals surface area contributed by atoms with Gasteiger partial charge in [-0.1, -0.05) is 17.7 Å². The molecule has 5 heteroatoms. The Morgan fingerprint density at radius 3 is 2.85 bits per heavy atom. The van der Waals surface area contributed by atoms with E-state index in [1.54, 1.807) is 12.1 Å². The van der Waals surface area contributed by atoms with E-state index in [0.717, 1.165) is 11.8 Å². The zero-order chi connectivity index (χ0) is 9.84. The van der Waals surface area contributed by atoms with Crippen LogP contribution in [0.4, 0.5) is 4.39 Å². The first-order chi connectivity index (χ1) is 6.11. The van der Waals surface area contributed by atoms with Crippen LogP contribution in [-0.4, -0.2) is 5.17 Å². The van der Waals surface area contributed by atoms with Gasteiger partial charge in [-0.25, -0.2) is 4.39 Å². The first-order valence-corrected chi connectivity index (χ1v) is 4.91. The molecule has 1 rings (SSSR count). The van der Waals surface area contributed by atoms with Crippen LogP contribution in [0.2, 0.25) is 5.02 Å². The number of amidine groups is 1. The summed E-state index contributed by atoms with van der Waals surface area (Å²) in [5.41, 5.74) is 5.67. The second kappa shape index (κ2) is 4.48. The minimum Gasteiger partial charge on any atom is -0.282 e. The fourth-order valence-electron chi connectivity index (χ4n) is 0.826. The molecule has 70 valence electrons. The highest BCUT2D eigenvalue weighted by Gasteiger charge is 2.08. The summed E-state index contributed by atoms with van der Waals surface area (Å²) >= 11 is 6.93. The summed E-state index contributed by atoms with van der Waals surface area (Å²) in [7, 11) is 0. The molecule has 0 aliphatic heterocycles. The van der Waals surface area contributed by atoms with Crippen LogP contribution in [0.15, 0.2) is 18.2 Å². The Kier molecular flexibility index (Phi) is 3.57. The zero-order valence-electron chi connectivity index (χ0n) is 6.76. The standard InChI is InChI=1S/C8H8ClFN2S/c9-6-2-1-3-7(10)5(6)4-13-8(11)12/h1-3H,4H2,(H3,11,12)/p+1. The van der Waals surface area contributed by atoms with Gasteiger partial charge in [-0.15, -0.1) is 0 Å². The summed E-state index contributed by atoms with van der Waals surface area (Å²) in [5.74, 6) is 0.0228. The summed E-state index contributed by atoms with van der Waals surface area (Å²) < 4.78 is 13.1. The third-order valence-electron chi connectivity index (χ3n) is 1.44. The molecule has 1 aromatic carbocycles. The molecular formula is C8H9ClFN2S+. The van der Waals surface area contributed by atoms with Gasteiger partial charge < -0.3 is 0 Å². The molecule has 0 spiro atoms. The van der Waals surface area contributed by atoms with Crippen molar-refractivity contribution in [2.75, 3.05) is 0 Å². The third kappa shape index (κ3) is 2.90. The Balaban J connectivity index is 2.81. The number of hydrogen-bond acceptors (Lipinski definition) is 1. The Bertz CT molecular complexity index is 310. The molecule has 13 heavy (non-hydrogen) atoms. The predicted molar refractivity (Wildman–Crippen MR) is 53.8 cm³/mol. The van der Waals surface area contributed by atoms with E-state index in [2.05, 4.69) is 0 Å². The maximum Gasteiger partial charge on any atom is 0.300 e. The van der Waals surface area contributed by atoms with Crippen molar-refractivity contribution in [2.24, 2.45) is 5.73 Å². The van der Waals surface area contributed by atoms with Gasteiger partial charge in [-0.05, 0) is 23.9 Å². The van der Waals surface area contributed by atoms with Crippen molar-refractivity contribution in [2.45, 2.75) is 5.75 Å².